The first-order valence-electron chi connectivity index (χ1n) is 10.4. The number of nitrogens with one attached hydrogen (secondary N) is 1. The van der Waals surface area contributed by atoms with Crippen molar-refractivity contribution in [1.82, 2.24) is 10.3 Å². The Balaban J connectivity index is 1.66. The van der Waals surface area contributed by atoms with Crippen molar-refractivity contribution in [1.29, 1.82) is 0 Å². The maximum absolute atomic E-state index is 13.6. The van der Waals surface area contributed by atoms with Crippen LogP contribution in [0, 0.1) is 6.92 Å². The monoisotopic (exact) mass is 440 g/mol. The van der Waals surface area contributed by atoms with E-state index in [9.17, 15) is 9.59 Å². The van der Waals surface area contributed by atoms with Crippen molar-refractivity contribution in [2.75, 3.05) is 18.0 Å². The highest BCUT2D eigenvalue weighted by molar-refractivity contribution is 6.49. The summed E-state index contributed by atoms with van der Waals surface area (Å²) in [6.07, 6.45) is 1.83. The molecule has 1 aromatic carbocycles. The topological polar surface area (TPSA) is 83.9 Å². The summed E-state index contributed by atoms with van der Waals surface area (Å²) in [4.78, 5) is 37.5. The number of rotatable bonds is 4. The van der Waals surface area contributed by atoms with Crippen LogP contribution in [0.2, 0.25) is 5.02 Å². The average Bonchev–Trinajstić information content (AvgIpc) is 3.04. The molecule has 0 unspecified atom stereocenters. The Morgan fingerprint density at radius 3 is 2.58 bits per heavy atom. The molecule has 1 N–H and O–H groups in total. The van der Waals surface area contributed by atoms with E-state index >= 15 is 0 Å². The van der Waals surface area contributed by atoms with E-state index in [4.69, 9.17) is 16.4 Å². The molecule has 2 aliphatic rings. The number of ketones is 1. The van der Waals surface area contributed by atoms with Crippen LogP contribution in [0.3, 0.4) is 0 Å². The number of pyridine rings is 1. The van der Waals surface area contributed by atoms with Crippen LogP contribution < -0.4 is 10.2 Å². The SMILES string of the molecule is Cc1ccc(Cl)c(N(C(=O)c2ccc(C3=NOC(C)(C)C3=O)cc2)[C@@H]2CCCNC2)n1. The third-order valence-corrected chi connectivity index (χ3v) is 5.88. The number of aromatic nitrogens is 1. The number of nitrogens with zero attached hydrogens (tertiary/aromatic N) is 3. The molecule has 31 heavy (non-hydrogen) atoms. The lowest BCUT2D eigenvalue weighted by Crippen LogP contribution is -2.49. The molecule has 8 heteroatoms. The Bertz CT molecular complexity index is 1040. The first kappa shape index (κ1) is 21.5. The van der Waals surface area contributed by atoms with Crippen molar-refractivity contribution >= 4 is 34.8 Å². The van der Waals surface area contributed by atoms with E-state index in [0.717, 1.165) is 25.1 Å². The fraction of sp³-hybridized carbons (Fsp3) is 0.391. The number of amides is 1. The molecule has 3 heterocycles. The number of anilines is 1. The van der Waals surface area contributed by atoms with Gasteiger partial charge in [0.25, 0.3) is 5.91 Å². The molecule has 2 aromatic rings. The Morgan fingerprint density at radius 2 is 1.97 bits per heavy atom. The highest BCUT2D eigenvalue weighted by Gasteiger charge is 2.40. The molecule has 0 radical (unpaired) electrons. The van der Waals surface area contributed by atoms with Gasteiger partial charge in [0, 0.05) is 23.4 Å². The first-order chi connectivity index (χ1) is 14.8. The van der Waals surface area contributed by atoms with E-state index in [1.165, 1.54) is 0 Å². The van der Waals surface area contributed by atoms with Crippen molar-refractivity contribution < 1.29 is 14.4 Å². The highest BCUT2D eigenvalue weighted by Crippen LogP contribution is 2.29. The van der Waals surface area contributed by atoms with Crippen molar-refractivity contribution in [2.24, 2.45) is 5.16 Å². The molecule has 1 atom stereocenters. The van der Waals surface area contributed by atoms with Crippen molar-refractivity contribution in [3.8, 4) is 0 Å². The van der Waals surface area contributed by atoms with Crippen molar-refractivity contribution in [3.05, 3.63) is 58.2 Å². The molecule has 0 bridgehead atoms. The first-order valence-corrected chi connectivity index (χ1v) is 10.7. The van der Waals surface area contributed by atoms with Gasteiger partial charge in [-0.1, -0.05) is 28.9 Å². The summed E-state index contributed by atoms with van der Waals surface area (Å²) in [6.45, 7) is 6.83. The van der Waals surface area contributed by atoms with Gasteiger partial charge in [0.1, 0.15) is 0 Å². The van der Waals surface area contributed by atoms with Gasteiger partial charge in [0.2, 0.25) is 5.78 Å². The van der Waals surface area contributed by atoms with E-state index in [0.29, 0.717) is 28.5 Å². The van der Waals surface area contributed by atoms with Crippen LogP contribution in [0.15, 0.2) is 41.6 Å². The predicted molar refractivity (Wildman–Crippen MR) is 120 cm³/mol. The molecule has 0 spiro atoms. The molecule has 162 valence electrons. The molecule has 0 aliphatic carbocycles. The zero-order valence-corrected chi connectivity index (χ0v) is 18.6. The lowest BCUT2D eigenvalue weighted by atomic mass is 9.95. The summed E-state index contributed by atoms with van der Waals surface area (Å²) in [7, 11) is 0. The zero-order chi connectivity index (χ0) is 22.2. The van der Waals surface area contributed by atoms with E-state index in [1.54, 1.807) is 49.1 Å². The molecule has 2 aliphatic heterocycles. The van der Waals surface area contributed by atoms with Crippen molar-refractivity contribution in [3.63, 3.8) is 0 Å². The number of halogens is 1. The molecule has 4 rings (SSSR count). The van der Waals surface area contributed by atoms with Gasteiger partial charge in [0.15, 0.2) is 17.1 Å². The second kappa shape index (κ2) is 8.40. The maximum atomic E-state index is 13.6. The second-order valence-electron chi connectivity index (χ2n) is 8.38. The Hall–Kier alpha value is -2.77. The fourth-order valence-electron chi connectivity index (χ4n) is 3.81. The maximum Gasteiger partial charge on any atom is 0.259 e. The molecular weight excluding hydrogens is 416 g/mol. The Kier molecular flexibility index (Phi) is 5.81. The lowest BCUT2D eigenvalue weighted by Gasteiger charge is -2.34. The van der Waals surface area contributed by atoms with E-state index in [-0.39, 0.29) is 23.4 Å². The van der Waals surface area contributed by atoms with Crippen LogP contribution in [-0.4, -0.2) is 47.1 Å². The second-order valence-corrected chi connectivity index (χ2v) is 8.79. The fourth-order valence-corrected chi connectivity index (χ4v) is 4.00. The summed E-state index contributed by atoms with van der Waals surface area (Å²) in [5.74, 6) is 0.101. The number of aryl methyl sites for hydroxylation is 1. The summed E-state index contributed by atoms with van der Waals surface area (Å²) in [5, 5.41) is 7.72. The minimum absolute atomic E-state index is 0.0530. The van der Waals surface area contributed by atoms with Gasteiger partial charge in [-0.25, -0.2) is 4.98 Å². The molecular formula is C23H25ClN4O3. The number of hydrogen-bond donors (Lipinski definition) is 1. The van der Waals surface area contributed by atoms with E-state index in [2.05, 4.69) is 15.5 Å². The number of carbonyl (C=O) groups is 2. The highest BCUT2D eigenvalue weighted by atomic mass is 35.5. The molecule has 7 nitrogen and oxygen atoms in total. The molecule has 1 fully saturated rings. The Labute approximate surface area is 186 Å². The number of hydrogen-bond acceptors (Lipinski definition) is 6. The third kappa shape index (κ3) is 4.20. The van der Waals surface area contributed by atoms with Gasteiger partial charge < -0.3 is 10.2 Å². The van der Waals surface area contributed by atoms with Crippen LogP contribution in [-0.2, 0) is 9.63 Å². The van der Waals surface area contributed by atoms with Crippen LogP contribution >= 0.6 is 11.6 Å². The number of benzene rings is 1. The summed E-state index contributed by atoms with van der Waals surface area (Å²) >= 11 is 6.45. The van der Waals surface area contributed by atoms with Crippen molar-refractivity contribution in [2.45, 2.75) is 45.3 Å². The molecule has 0 saturated carbocycles. The number of Topliss-reactive ketones (excluding diaryl/α,β-unsaturated/α-hetero) is 1. The van der Waals surface area contributed by atoms with Gasteiger partial charge in [-0.15, -0.1) is 0 Å². The van der Waals surface area contributed by atoms with Crippen LogP contribution in [0.5, 0.6) is 0 Å². The van der Waals surface area contributed by atoms with Crippen LogP contribution in [0.25, 0.3) is 0 Å². The van der Waals surface area contributed by atoms with E-state index < -0.39 is 5.60 Å². The van der Waals surface area contributed by atoms with Gasteiger partial charge in [-0.05, 0) is 64.4 Å². The minimum Gasteiger partial charge on any atom is -0.381 e. The smallest absolute Gasteiger partial charge is 0.259 e. The lowest BCUT2D eigenvalue weighted by molar-refractivity contribution is -0.128. The summed E-state index contributed by atoms with van der Waals surface area (Å²) in [5.41, 5.74) is 1.18. The largest absolute Gasteiger partial charge is 0.381 e. The minimum atomic E-state index is -0.970. The summed E-state index contributed by atoms with van der Waals surface area (Å²) in [6, 6.07) is 10.4. The zero-order valence-electron chi connectivity index (χ0n) is 17.8. The number of carbonyl (C=O) groups excluding carboxylic acids is 2. The molecule has 1 saturated heterocycles. The average molecular weight is 441 g/mol. The van der Waals surface area contributed by atoms with Gasteiger partial charge in [-0.2, -0.15) is 0 Å². The van der Waals surface area contributed by atoms with Crippen LogP contribution in [0.4, 0.5) is 5.82 Å². The Morgan fingerprint density at radius 1 is 1.23 bits per heavy atom. The van der Waals surface area contributed by atoms with Gasteiger partial charge in [-0.3, -0.25) is 14.5 Å². The van der Waals surface area contributed by atoms with Gasteiger partial charge >= 0.3 is 0 Å². The molecule has 1 aromatic heterocycles. The third-order valence-electron chi connectivity index (χ3n) is 5.58. The van der Waals surface area contributed by atoms with Crippen LogP contribution in [0.1, 0.15) is 48.3 Å². The van der Waals surface area contributed by atoms with E-state index in [1.807, 2.05) is 13.0 Å². The summed E-state index contributed by atoms with van der Waals surface area (Å²) < 4.78 is 0. The number of oxime groups is 1. The molecule has 1 amide bonds. The number of piperidine rings is 1. The van der Waals surface area contributed by atoms with Gasteiger partial charge in [0.05, 0.1) is 11.1 Å². The standard InChI is InChI=1S/C23H25ClN4O3/c1-14-6-11-18(24)21(26-14)28(17-5-4-12-25-13-17)22(30)16-9-7-15(8-10-16)19-20(29)23(2,3)31-27-19/h6-11,17,25H,4-5,12-13H2,1-3H3/t17-/m1/s1. The normalized spacial score (nSPS) is 20.2. The predicted octanol–water partition coefficient (Wildman–Crippen LogP) is 3.52. The quantitative estimate of drug-likeness (QED) is 0.786.